The van der Waals surface area contributed by atoms with Crippen LogP contribution in [0.4, 0.5) is 5.82 Å². The number of aryl methyl sites for hydroxylation is 1. The molecule has 1 aromatic carbocycles. The number of benzene rings is 1. The summed E-state index contributed by atoms with van der Waals surface area (Å²) < 4.78 is 10.6. The van der Waals surface area contributed by atoms with E-state index < -0.39 is 5.97 Å². The Labute approximate surface area is 124 Å². The highest BCUT2D eigenvalue weighted by molar-refractivity contribution is 5.96. The first-order valence-electron chi connectivity index (χ1n) is 6.96. The lowest BCUT2D eigenvalue weighted by atomic mass is 10.1. The standard InChI is InChI=1S/C16H20N2O3/c1-4-20-14-7-6-10(3)8-11(14)13-9-12(15(17)18-13)16(19)21-5-2/h6-9,18H,4-5,17H2,1-3H3. The minimum atomic E-state index is -0.428. The van der Waals surface area contributed by atoms with Gasteiger partial charge in [-0.15, -0.1) is 0 Å². The lowest BCUT2D eigenvalue weighted by Crippen LogP contribution is -2.05. The van der Waals surface area contributed by atoms with Crippen LogP contribution >= 0.6 is 0 Å². The molecule has 2 aromatic rings. The normalized spacial score (nSPS) is 10.4. The van der Waals surface area contributed by atoms with Crippen molar-refractivity contribution in [1.29, 1.82) is 0 Å². The van der Waals surface area contributed by atoms with Crippen molar-refractivity contribution in [3.8, 4) is 17.0 Å². The van der Waals surface area contributed by atoms with Crippen molar-refractivity contribution < 1.29 is 14.3 Å². The van der Waals surface area contributed by atoms with Crippen molar-refractivity contribution in [2.75, 3.05) is 18.9 Å². The van der Waals surface area contributed by atoms with Crippen LogP contribution in [0.1, 0.15) is 29.8 Å². The minimum absolute atomic E-state index is 0.299. The number of nitrogens with two attached hydrogens (primary N) is 1. The van der Waals surface area contributed by atoms with E-state index in [1.807, 2.05) is 32.0 Å². The van der Waals surface area contributed by atoms with Gasteiger partial charge in [0.2, 0.25) is 0 Å². The van der Waals surface area contributed by atoms with Crippen molar-refractivity contribution >= 4 is 11.8 Å². The number of carbonyl (C=O) groups excluding carboxylic acids is 1. The number of aromatic nitrogens is 1. The molecule has 3 N–H and O–H groups in total. The average molecular weight is 288 g/mol. The molecule has 0 spiro atoms. The molecule has 1 heterocycles. The molecule has 112 valence electrons. The summed E-state index contributed by atoms with van der Waals surface area (Å²) in [7, 11) is 0. The molecule has 0 unspecified atom stereocenters. The van der Waals surface area contributed by atoms with Gasteiger partial charge in [0.25, 0.3) is 0 Å². The van der Waals surface area contributed by atoms with Crippen molar-refractivity contribution in [3.63, 3.8) is 0 Å². The zero-order chi connectivity index (χ0) is 15.4. The predicted molar refractivity (Wildman–Crippen MR) is 82.5 cm³/mol. The number of rotatable bonds is 5. The van der Waals surface area contributed by atoms with Gasteiger partial charge in [-0.3, -0.25) is 0 Å². The lowest BCUT2D eigenvalue weighted by molar-refractivity contribution is 0.0528. The third-order valence-electron chi connectivity index (χ3n) is 3.07. The molecule has 1 aromatic heterocycles. The van der Waals surface area contributed by atoms with Crippen LogP contribution in [-0.2, 0) is 4.74 Å². The largest absolute Gasteiger partial charge is 0.493 e. The summed E-state index contributed by atoms with van der Waals surface area (Å²) in [6.45, 7) is 6.56. The second-order valence-corrected chi connectivity index (χ2v) is 4.66. The summed E-state index contributed by atoms with van der Waals surface area (Å²) >= 11 is 0. The van der Waals surface area contributed by atoms with Crippen LogP contribution in [0.15, 0.2) is 24.3 Å². The van der Waals surface area contributed by atoms with Crippen LogP contribution in [0.25, 0.3) is 11.3 Å². The number of hydrogen-bond donors (Lipinski definition) is 2. The Morgan fingerprint density at radius 3 is 2.67 bits per heavy atom. The van der Waals surface area contributed by atoms with Gasteiger partial charge in [-0.2, -0.15) is 0 Å². The number of carbonyl (C=O) groups is 1. The van der Waals surface area contributed by atoms with Gasteiger partial charge in [0.1, 0.15) is 17.1 Å². The van der Waals surface area contributed by atoms with Crippen LogP contribution in [0.3, 0.4) is 0 Å². The summed E-state index contributed by atoms with van der Waals surface area (Å²) in [6, 6.07) is 7.58. The van der Waals surface area contributed by atoms with Crippen molar-refractivity contribution in [2.24, 2.45) is 0 Å². The SMILES string of the molecule is CCOC(=O)c1cc(-c2cc(C)ccc2OCC)[nH]c1N. The van der Waals surface area contributed by atoms with Crippen LogP contribution in [-0.4, -0.2) is 24.2 Å². The number of nitrogen functional groups attached to an aromatic ring is 1. The number of nitrogens with one attached hydrogen (secondary N) is 1. The Balaban J connectivity index is 2.45. The number of aromatic amines is 1. The topological polar surface area (TPSA) is 77.3 Å². The van der Waals surface area contributed by atoms with Crippen LogP contribution in [0.2, 0.25) is 0 Å². The fourth-order valence-corrected chi connectivity index (χ4v) is 2.13. The van der Waals surface area contributed by atoms with Crippen molar-refractivity contribution in [1.82, 2.24) is 4.98 Å². The number of ether oxygens (including phenoxy) is 2. The van der Waals surface area contributed by atoms with Crippen LogP contribution < -0.4 is 10.5 Å². The monoisotopic (exact) mass is 288 g/mol. The summed E-state index contributed by atoms with van der Waals surface area (Å²) in [5, 5.41) is 0. The van der Waals surface area contributed by atoms with Gasteiger partial charge in [-0.25, -0.2) is 4.79 Å². The lowest BCUT2D eigenvalue weighted by Gasteiger charge is -2.09. The fraction of sp³-hybridized carbons (Fsp3) is 0.312. The summed E-state index contributed by atoms with van der Waals surface area (Å²) in [4.78, 5) is 14.9. The van der Waals surface area contributed by atoms with Crippen molar-refractivity contribution in [2.45, 2.75) is 20.8 Å². The molecule has 21 heavy (non-hydrogen) atoms. The number of hydrogen-bond acceptors (Lipinski definition) is 4. The minimum Gasteiger partial charge on any atom is -0.493 e. The molecule has 0 fully saturated rings. The highest BCUT2D eigenvalue weighted by Gasteiger charge is 2.17. The zero-order valence-corrected chi connectivity index (χ0v) is 12.5. The van der Waals surface area contributed by atoms with E-state index in [-0.39, 0.29) is 0 Å². The molecule has 2 rings (SSSR count). The molecule has 0 amide bonds. The quantitative estimate of drug-likeness (QED) is 0.828. The average Bonchev–Trinajstić information content (AvgIpc) is 2.83. The Morgan fingerprint density at radius 2 is 2.00 bits per heavy atom. The van der Waals surface area contributed by atoms with E-state index in [0.717, 1.165) is 22.6 Å². The Hall–Kier alpha value is -2.43. The van der Waals surface area contributed by atoms with E-state index in [9.17, 15) is 4.79 Å². The van der Waals surface area contributed by atoms with Gasteiger partial charge in [-0.05, 0) is 39.0 Å². The predicted octanol–water partition coefficient (Wildman–Crippen LogP) is 3.15. The maximum absolute atomic E-state index is 11.8. The molecule has 5 heteroatoms. The van der Waals surface area contributed by atoms with E-state index in [1.54, 1.807) is 13.0 Å². The van der Waals surface area contributed by atoms with Gasteiger partial charge in [0.05, 0.1) is 18.9 Å². The van der Waals surface area contributed by atoms with E-state index in [4.69, 9.17) is 15.2 Å². The third kappa shape index (κ3) is 3.18. The van der Waals surface area contributed by atoms with E-state index in [1.165, 1.54) is 0 Å². The smallest absolute Gasteiger partial charge is 0.341 e. The van der Waals surface area contributed by atoms with Gasteiger partial charge < -0.3 is 20.2 Å². The summed E-state index contributed by atoms with van der Waals surface area (Å²) in [6.07, 6.45) is 0. The summed E-state index contributed by atoms with van der Waals surface area (Å²) in [5.41, 5.74) is 8.93. The van der Waals surface area contributed by atoms with Crippen molar-refractivity contribution in [3.05, 3.63) is 35.4 Å². The molecule has 0 atom stereocenters. The van der Waals surface area contributed by atoms with Gasteiger partial charge in [0, 0.05) is 5.56 Å². The maximum atomic E-state index is 11.8. The molecule has 0 saturated carbocycles. The van der Waals surface area contributed by atoms with Gasteiger partial charge >= 0.3 is 5.97 Å². The Bertz CT molecular complexity index is 647. The van der Waals surface area contributed by atoms with Gasteiger partial charge in [-0.1, -0.05) is 11.6 Å². The van der Waals surface area contributed by atoms with Crippen LogP contribution in [0, 0.1) is 6.92 Å². The Morgan fingerprint density at radius 1 is 1.24 bits per heavy atom. The first-order chi connectivity index (χ1) is 10.1. The zero-order valence-electron chi connectivity index (χ0n) is 12.5. The summed E-state index contributed by atoms with van der Waals surface area (Å²) in [5.74, 6) is 0.621. The molecular formula is C16H20N2O3. The molecule has 0 aliphatic rings. The maximum Gasteiger partial charge on any atom is 0.341 e. The highest BCUT2D eigenvalue weighted by Crippen LogP contribution is 2.32. The third-order valence-corrected chi connectivity index (χ3v) is 3.07. The first kappa shape index (κ1) is 15.0. The second kappa shape index (κ2) is 6.35. The highest BCUT2D eigenvalue weighted by atomic mass is 16.5. The molecule has 0 radical (unpaired) electrons. The van der Waals surface area contributed by atoms with E-state index >= 15 is 0 Å². The fourth-order valence-electron chi connectivity index (χ4n) is 2.13. The molecule has 0 saturated heterocycles. The number of H-pyrrole nitrogens is 1. The van der Waals surface area contributed by atoms with Crippen LogP contribution in [0.5, 0.6) is 5.75 Å². The van der Waals surface area contributed by atoms with E-state index in [0.29, 0.717) is 24.6 Å². The number of anilines is 1. The molecule has 5 nitrogen and oxygen atoms in total. The van der Waals surface area contributed by atoms with E-state index in [2.05, 4.69) is 4.98 Å². The first-order valence-corrected chi connectivity index (χ1v) is 6.96. The molecule has 0 bridgehead atoms. The molecule has 0 aliphatic heterocycles. The molecule has 0 aliphatic carbocycles. The second-order valence-electron chi connectivity index (χ2n) is 4.66. The van der Waals surface area contributed by atoms with Gasteiger partial charge in [0.15, 0.2) is 0 Å². The Kier molecular flexibility index (Phi) is 4.52. The number of esters is 1. The molecular weight excluding hydrogens is 268 g/mol.